The van der Waals surface area contributed by atoms with Gasteiger partial charge in [-0.2, -0.15) is 0 Å². The van der Waals surface area contributed by atoms with E-state index in [-0.39, 0.29) is 70.9 Å². The van der Waals surface area contributed by atoms with E-state index in [0.29, 0.717) is 60.4 Å². The molecule has 72 heavy (non-hydrogen) atoms. The Hall–Kier alpha value is -3.42. The van der Waals surface area contributed by atoms with Gasteiger partial charge in [0.05, 0.1) is 43.3 Å². The van der Waals surface area contributed by atoms with Gasteiger partial charge in [0, 0.05) is 120 Å². The number of rotatable bonds is 4. The number of piperidine rings is 2. The Morgan fingerprint density at radius 3 is 1.81 bits per heavy atom. The predicted octanol–water partition coefficient (Wildman–Crippen LogP) is 2.00. The molecule has 16 aliphatic rings. The number of nitrogens with zero attached hydrogens (tertiary/aromatic N) is 3. The molecule has 1 N–H and O–H groups in total. The van der Waals surface area contributed by atoms with Gasteiger partial charge in [-0.25, -0.2) is 19.2 Å². The summed E-state index contributed by atoms with van der Waals surface area (Å²) >= 11 is 2.35. The molecule has 16 rings (SSSR count). The lowest BCUT2D eigenvalue weighted by Crippen LogP contribution is -3.18. The Bertz CT molecular complexity index is 2510. The van der Waals surface area contributed by atoms with E-state index in [4.69, 9.17) is 28.4 Å². The fourth-order valence-corrected chi connectivity index (χ4v) is 18.2. The zero-order valence-corrected chi connectivity index (χ0v) is 44.7. The normalized spacial score (nSPS) is 44.7. The monoisotopic (exact) mass is 1120 g/mol. The van der Waals surface area contributed by atoms with Crippen molar-refractivity contribution in [3.8, 4) is 0 Å². The summed E-state index contributed by atoms with van der Waals surface area (Å²) in [5, 5.41) is 0. The average molecular weight is 1120 g/mol. The molecule has 14 nitrogen and oxygen atoms in total. The molecule has 8 saturated heterocycles. The van der Waals surface area contributed by atoms with Crippen molar-refractivity contribution in [2.24, 2.45) is 0 Å². The number of carbonyl (C=O) groups excluding carboxylic acids is 4. The van der Waals surface area contributed by atoms with Crippen molar-refractivity contribution >= 4 is 46.5 Å². The Morgan fingerprint density at radius 2 is 1.12 bits per heavy atom. The van der Waals surface area contributed by atoms with E-state index in [0.717, 1.165) is 80.2 Å². The number of methoxy groups -OCH3 is 2. The topological polar surface area (TPSA) is 138 Å². The molecule has 3 unspecified atom stereocenters. The smallest absolute Gasteiger partial charge is 0.332 e. The maximum absolute atomic E-state index is 11.8. The van der Waals surface area contributed by atoms with Crippen LogP contribution in [-0.4, -0.2) is 161 Å². The van der Waals surface area contributed by atoms with Gasteiger partial charge in [0.15, 0.2) is 22.4 Å². The maximum atomic E-state index is 11.8. The predicted molar refractivity (Wildman–Crippen MR) is 269 cm³/mol. The van der Waals surface area contributed by atoms with Crippen LogP contribution in [0.25, 0.3) is 0 Å². The summed E-state index contributed by atoms with van der Waals surface area (Å²) in [6, 6.07) is 4.28. The van der Waals surface area contributed by atoms with Crippen molar-refractivity contribution in [1.29, 1.82) is 0 Å². The summed E-state index contributed by atoms with van der Waals surface area (Å²) in [5.41, 5.74) is 3.17. The highest BCUT2D eigenvalue weighted by Gasteiger charge is 2.67. The Kier molecular flexibility index (Phi) is 12.4. The first kappa shape index (κ1) is 49.5. The van der Waals surface area contributed by atoms with Crippen molar-refractivity contribution in [1.82, 2.24) is 14.7 Å². The van der Waals surface area contributed by atoms with E-state index < -0.39 is 0 Å². The molecular formula is C56H68ClIN4O10. The van der Waals surface area contributed by atoms with Crippen LogP contribution in [0, 0.1) is 0 Å². The van der Waals surface area contributed by atoms with E-state index >= 15 is 0 Å². The second-order valence-electron chi connectivity index (χ2n) is 23.0. The molecule has 0 radical (unpaired) electrons. The van der Waals surface area contributed by atoms with Crippen LogP contribution in [-0.2, 0) is 47.6 Å². The minimum absolute atomic E-state index is 0. The number of halogens is 2. The fourth-order valence-electron chi connectivity index (χ4n) is 17.2. The van der Waals surface area contributed by atoms with Gasteiger partial charge in [0.2, 0.25) is 0 Å². The molecule has 0 aromatic carbocycles. The molecule has 16 heteroatoms. The number of fused-ring (bicyclic) bond motifs is 12. The summed E-state index contributed by atoms with van der Waals surface area (Å²) in [6.07, 6.45) is 38.3. The van der Waals surface area contributed by atoms with Crippen LogP contribution in [0.2, 0.25) is 0 Å². The number of esters is 4. The van der Waals surface area contributed by atoms with Crippen LogP contribution in [0.5, 0.6) is 0 Å². The minimum atomic E-state index is -0.380. The molecule has 12 aliphatic heterocycles. The summed E-state index contributed by atoms with van der Waals surface area (Å²) in [7, 11) is 3.55. The van der Waals surface area contributed by atoms with Crippen LogP contribution < -0.4 is 17.3 Å². The minimum Gasteiger partial charge on any atom is -1.00 e. The molecule has 0 amide bonds. The molecule has 386 valence electrons. The highest BCUT2D eigenvalue weighted by Crippen LogP contribution is 2.58. The lowest BCUT2D eigenvalue weighted by Gasteiger charge is -2.37. The van der Waals surface area contributed by atoms with Gasteiger partial charge in [-0.3, -0.25) is 14.7 Å². The molecule has 0 aromatic heterocycles. The van der Waals surface area contributed by atoms with E-state index in [9.17, 15) is 19.2 Å². The number of carbonyl (C=O) groups is 4. The molecule has 8 bridgehead atoms. The number of hydrogen-bond acceptors (Lipinski definition) is 13. The fraction of sp³-hybridized carbons (Fsp3) is 0.643. The van der Waals surface area contributed by atoms with Crippen LogP contribution in [0.15, 0.2) is 92.7 Å². The van der Waals surface area contributed by atoms with E-state index in [1.807, 2.05) is 0 Å². The highest BCUT2D eigenvalue weighted by atomic mass is 127. The summed E-state index contributed by atoms with van der Waals surface area (Å²) in [6.45, 7) is 6.67. The molecule has 4 spiro atoms. The van der Waals surface area contributed by atoms with Gasteiger partial charge in [-0.15, -0.1) is 0 Å². The Balaban J connectivity index is 0.0000000981. The SMILES string of the molecule is COC(C)[C@H]1CC[C@H]2N1[C@@H]1C=C(I)C3=CC(=O)O[C@@]32C1.COC(C)[C@H]1CC[C@H]2N1[C@@H]1C=CC3=CC(=O)O[C@@]32C1.O=C1C=C2C=C[C@@H]3C[C@@]2(O1)[C@H]1CCCCN31.O=C1C=C2C=C[C@@H]3C[C@@]2(O1)[C@H]1CCCC[NH+]31.[Cl-]. The van der Waals surface area contributed by atoms with Gasteiger partial charge in [-0.1, -0.05) is 42.9 Å². The molecule has 0 saturated carbocycles. The van der Waals surface area contributed by atoms with Gasteiger partial charge in [0.25, 0.3) is 0 Å². The van der Waals surface area contributed by atoms with Crippen molar-refractivity contribution in [2.75, 3.05) is 27.3 Å². The first-order valence-corrected chi connectivity index (χ1v) is 27.8. The highest BCUT2D eigenvalue weighted by molar-refractivity contribution is 14.1. The number of quaternary nitrogens is 1. The third-order valence-electron chi connectivity index (χ3n) is 20.1. The van der Waals surface area contributed by atoms with Crippen LogP contribution in [0.4, 0.5) is 0 Å². The molecule has 0 aromatic rings. The molecule has 8 fully saturated rings. The van der Waals surface area contributed by atoms with Gasteiger partial charge in [-0.05, 0) is 100 Å². The molecule has 4 aliphatic carbocycles. The third-order valence-corrected chi connectivity index (χ3v) is 21.1. The standard InChI is InChI=1S/C15H18INO3.C15H19NO3.2C13H15NO2.ClH/c1-8(19-2)12-3-4-13-15-7-9(17(12)13)5-11(16)10(15)6-14(18)20-15;1-9(18-2)12-5-6-13-15-8-11(16(12)13)4-3-10(15)7-14(17)19-15;2*15-12-7-9-4-5-10-8-13(9,16-12)11-3-1-2-6-14(10)11;/h5-6,8-9,12-13H,3-4,7H2,1-2H3;3-4,7,9,11-13H,5-6,8H2,1-2H3;2*4-5,7,10-11H,1-3,6,8H2;1H/t8?,9-,12-,13-,15+;9?,11-,12-,13-,15+;2*10-,11-,13+;/m1111./s1. The first-order valence-electron chi connectivity index (χ1n) is 26.8. The average Bonchev–Trinajstić information content (AvgIpc) is 4.26. The lowest BCUT2D eigenvalue weighted by molar-refractivity contribution is -0.937. The number of nitrogens with one attached hydrogen (secondary N) is 1. The van der Waals surface area contributed by atoms with E-state index in [2.05, 4.69) is 93.7 Å². The van der Waals surface area contributed by atoms with E-state index in [1.165, 1.54) is 48.6 Å². The summed E-state index contributed by atoms with van der Waals surface area (Å²) in [4.78, 5) is 55.8. The molecular weight excluding hydrogens is 1050 g/mol. The quantitative estimate of drug-likeness (QED) is 0.250. The Morgan fingerprint density at radius 1 is 0.597 bits per heavy atom. The lowest BCUT2D eigenvalue weighted by atomic mass is 9.80. The number of ether oxygens (including phenoxy) is 6. The summed E-state index contributed by atoms with van der Waals surface area (Å²) < 4.78 is 35.3. The first-order chi connectivity index (χ1) is 34.3. The van der Waals surface area contributed by atoms with Crippen molar-refractivity contribution < 1.29 is 64.9 Å². The third kappa shape index (κ3) is 7.19. The number of hydrogen-bond donors (Lipinski definition) is 1. The van der Waals surface area contributed by atoms with Crippen LogP contribution >= 0.6 is 22.6 Å². The second kappa shape index (κ2) is 18.1. The zero-order chi connectivity index (χ0) is 48.8. The molecule has 17 atom stereocenters. The van der Waals surface area contributed by atoms with Crippen molar-refractivity contribution in [3.63, 3.8) is 0 Å². The molecule has 12 heterocycles. The van der Waals surface area contributed by atoms with Crippen molar-refractivity contribution in [3.05, 3.63) is 92.7 Å². The maximum Gasteiger partial charge on any atom is 0.332 e. The zero-order valence-electron chi connectivity index (χ0n) is 41.8. The van der Waals surface area contributed by atoms with Crippen LogP contribution in [0.3, 0.4) is 0 Å². The summed E-state index contributed by atoms with van der Waals surface area (Å²) in [5.74, 6) is -0.626. The Labute approximate surface area is 442 Å². The van der Waals surface area contributed by atoms with Crippen molar-refractivity contribution in [2.45, 2.75) is 199 Å². The van der Waals surface area contributed by atoms with Gasteiger partial charge >= 0.3 is 23.9 Å². The largest absolute Gasteiger partial charge is 1.00 e. The van der Waals surface area contributed by atoms with E-state index in [1.54, 1.807) is 43.4 Å². The van der Waals surface area contributed by atoms with Gasteiger partial charge in [0.1, 0.15) is 12.1 Å². The second-order valence-corrected chi connectivity index (χ2v) is 24.2. The van der Waals surface area contributed by atoms with Crippen LogP contribution in [0.1, 0.15) is 104 Å². The van der Waals surface area contributed by atoms with Gasteiger partial charge < -0.3 is 45.7 Å².